The maximum atomic E-state index is 9.69. The van der Waals surface area contributed by atoms with Crippen LogP contribution in [-0.4, -0.2) is 0 Å². The van der Waals surface area contributed by atoms with Gasteiger partial charge in [0, 0.05) is 0 Å². The van der Waals surface area contributed by atoms with Crippen LogP contribution in [0.5, 0.6) is 0 Å². The molecule has 0 fully saturated rings. The molecule has 0 aliphatic heterocycles. The van der Waals surface area contributed by atoms with Gasteiger partial charge >= 0.3 is 0 Å². The summed E-state index contributed by atoms with van der Waals surface area (Å²) in [5.41, 5.74) is -5.71. The van der Waals surface area contributed by atoms with Gasteiger partial charge in [0.1, 0.15) is 0 Å². The third kappa shape index (κ3) is 4.23. The summed E-state index contributed by atoms with van der Waals surface area (Å²) in [5.74, 6) is 0. The van der Waals surface area contributed by atoms with Crippen molar-refractivity contribution in [2.24, 2.45) is 0 Å². The molecule has 0 N–H and O–H groups in total. The fourth-order valence-corrected chi connectivity index (χ4v) is 5.48. The van der Waals surface area contributed by atoms with Crippen LogP contribution in [0.25, 0.3) is 87.6 Å². The molecule has 0 aliphatic rings. The molecule has 0 atom stereocenters. The van der Waals surface area contributed by atoms with Crippen LogP contribution >= 0.6 is 0 Å². The molecule has 0 bridgehead atoms. The first kappa shape index (κ1) is 10.5. The lowest BCUT2D eigenvalue weighted by atomic mass is 9.83. The third-order valence-electron chi connectivity index (χ3n) is 7.41. The molecule has 46 heavy (non-hydrogen) atoms. The van der Waals surface area contributed by atoms with Gasteiger partial charge < -0.3 is 0 Å². The average molecular weight is 611 g/mol. The quantitative estimate of drug-likeness (QED) is 0.174. The maximum Gasteiger partial charge on any atom is 0.0630 e. The first-order chi connectivity index (χ1) is 34.5. The molecule has 0 saturated carbocycles. The van der Waals surface area contributed by atoms with E-state index in [4.69, 9.17) is 23.3 Å². The predicted molar refractivity (Wildman–Crippen MR) is 198 cm³/mol. The van der Waals surface area contributed by atoms with Gasteiger partial charge in [-0.25, -0.2) is 0 Å². The molecular weight excluding hydrogens is 553 g/mol. The zero-order chi connectivity index (χ0) is 54.8. The van der Waals surface area contributed by atoms with Crippen molar-refractivity contribution < 1.29 is 38.4 Å². The molecule has 0 spiro atoms. The van der Waals surface area contributed by atoms with Gasteiger partial charge in [-0.2, -0.15) is 0 Å². The second kappa shape index (κ2) is 10.9. The summed E-state index contributed by atoms with van der Waals surface area (Å²) >= 11 is 0. The van der Waals surface area contributed by atoms with Gasteiger partial charge in [0.25, 0.3) is 0 Å². The zero-order valence-corrected chi connectivity index (χ0v) is 23.2. The highest BCUT2D eigenvalue weighted by molar-refractivity contribution is 6.24. The molecule has 214 valence electrons. The smallest absolute Gasteiger partial charge is 0.0622 e. The Hall–Kier alpha value is -5.98. The van der Waals surface area contributed by atoms with Crippen molar-refractivity contribution in [1.82, 2.24) is 0 Å². The number of hydrogen-bond donors (Lipinski definition) is 0. The molecule has 0 heteroatoms. The highest BCUT2D eigenvalue weighted by Gasteiger charge is 2.19. The van der Waals surface area contributed by atoms with E-state index in [2.05, 4.69) is 0 Å². The van der Waals surface area contributed by atoms with Gasteiger partial charge in [0.15, 0.2) is 0 Å². The fraction of sp³-hybridized carbons (Fsp3) is 0. The van der Waals surface area contributed by atoms with Crippen LogP contribution in [0.1, 0.15) is 38.4 Å². The summed E-state index contributed by atoms with van der Waals surface area (Å²) in [7, 11) is 0. The highest BCUT2D eigenvalue weighted by atomic mass is 14.2. The predicted octanol–water partition coefficient (Wildman–Crippen LogP) is 13.0. The molecule has 0 heterocycles. The van der Waals surface area contributed by atoms with Gasteiger partial charge in [-0.15, -0.1) is 0 Å². The molecule has 0 nitrogen and oxygen atoms in total. The minimum Gasteiger partial charge on any atom is -0.0622 e. The Kier molecular flexibility index (Phi) is 2.49. The molecule has 0 unspecified atom stereocenters. The van der Waals surface area contributed by atoms with Crippen molar-refractivity contribution in [3.05, 3.63) is 181 Å². The fourth-order valence-electron chi connectivity index (χ4n) is 5.48. The first-order valence-electron chi connectivity index (χ1n) is 27.7. The van der Waals surface area contributed by atoms with Crippen LogP contribution in [0.4, 0.5) is 0 Å². The molecule has 0 saturated heterocycles. The Bertz CT molecular complexity index is 4010. The van der Waals surface area contributed by atoms with Crippen molar-refractivity contribution >= 4 is 43.1 Å². The normalized spacial score (nSPS) is 20.0. The summed E-state index contributed by atoms with van der Waals surface area (Å²) in [6, 6.07) is -23.4. The minimum atomic E-state index is -1.10. The van der Waals surface area contributed by atoms with Gasteiger partial charge in [0.05, 0.1) is 38.4 Å². The van der Waals surface area contributed by atoms with E-state index >= 15 is 0 Å². The Labute approximate surface area is 308 Å². The van der Waals surface area contributed by atoms with E-state index in [1.165, 1.54) is 0 Å². The van der Waals surface area contributed by atoms with E-state index in [1.54, 1.807) is 0 Å². The molecule has 0 radical (unpaired) electrons. The van der Waals surface area contributed by atoms with E-state index in [0.717, 1.165) is 12.1 Å². The standard InChI is InChI=1S/C46H30/c1-2-13-31(14-3-1)37-29-30-44(39-19-7-6-18-38(37)39)46-42-22-10-8-20-40(42)45(41-21-9-11-23-43(41)46)34-27-25-33(26-28-34)36-24-12-16-32-15-4-5-17-35(32)36/h1-30H/i1D,2D,3D,4D,5D,8D,9D,10D,11D,12D,13D,14D,15D,16D,17D,18D,19D,20D,21D,22D,23D,24D,25D,26D,27D,28D,29D,30D. The van der Waals surface area contributed by atoms with Crippen molar-refractivity contribution in [2.45, 2.75) is 0 Å². The monoisotopic (exact) mass is 610 g/mol. The van der Waals surface area contributed by atoms with E-state index in [0.29, 0.717) is 0 Å². The molecule has 9 aromatic rings. The summed E-state index contributed by atoms with van der Waals surface area (Å²) in [6.07, 6.45) is 0. The van der Waals surface area contributed by atoms with Crippen LogP contribution in [0.15, 0.2) is 181 Å². The average Bonchev–Trinajstić information content (AvgIpc) is 3.37. The molecular formula is C46H30. The lowest BCUT2D eigenvalue weighted by Crippen LogP contribution is -1.92. The Morgan fingerprint density at radius 2 is 0.717 bits per heavy atom. The minimum absolute atomic E-state index is 0.477. The van der Waals surface area contributed by atoms with Crippen molar-refractivity contribution in [3.63, 3.8) is 0 Å². The highest BCUT2D eigenvalue weighted by Crippen LogP contribution is 2.46. The van der Waals surface area contributed by atoms with Gasteiger partial charge in [-0.1, -0.05) is 181 Å². The molecule has 0 amide bonds. The van der Waals surface area contributed by atoms with Crippen molar-refractivity contribution in [1.29, 1.82) is 0 Å². The summed E-state index contributed by atoms with van der Waals surface area (Å²) in [4.78, 5) is 0. The number of fused-ring (bicyclic) bond motifs is 4. The zero-order valence-electron chi connectivity index (χ0n) is 51.2. The molecule has 0 aliphatic carbocycles. The number of benzene rings is 9. The lowest BCUT2D eigenvalue weighted by Gasteiger charge is -2.20. The van der Waals surface area contributed by atoms with Crippen LogP contribution in [0.3, 0.4) is 0 Å². The van der Waals surface area contributed by atoms with Crippen molar-refractivity contribution in [3.8, 4) is 44.5 Å². The topological polar surface area (TPSA) is 0 Å². The summed E-state index contributed by atoms with van der Waals surface area (Å²) in [6.45, 7) is 0. The number of hydrogen-bond acceptors (Lipinski definition) is 0. The van der Waals surface area contributed by atoms with Crippen LogP contribution in [-0.2, 0) is 0 Å². The molecule has 9 rings (SSSR count). The van der Waals surface area contributed by atoms with E-state index in [1.807, 2.05) is 0 Å². The van der Waals surface area contributed by atoms with E-state index < -0.39 is 257 Å². The van der Waals surface area contributed by atoms with E-state index in [9.17, 15) is 15.1 Å². The van der Waals surface area contributed by atoms with Gasteiger partial charge in [0.2, 0.25) is 0 Å². The summed E-state index contributed by atoms with van der Waals surface area (Å²) in [5, 5.41) is -5.09. The van der Waals surface area contributed by atoms with Crippen LogP contribution in [0.2, 0.25) is 0 Å². The first-order valence-corrected chi connectivity index (χ1v) is 13.7. The van der Waals surface area contributed by atoms with Crippen LogP contribution < -0.4 is 0 Å². The second-order valence-electron chi connectivity index (χ2n) is 9.87. The van der Waals surface area contributed by atoms with Gasteiger partial charge in [-0.3, -0.25) is 0 Å². The molecule has 9 aromatic carbocycles. The van der Waals surface area contributed by atoms with Gasteiger partial charge in [-0.05, 0) is 87.6 Å². The third-order valence-corrected chi connectivity index (χ3v) is 7.41. The number of rotatable bonds is 4. The Morgan fingerprint density at radius 1 is 0.261 bits per heavy atom. The summed E-state index contributed by atoms with van der Waals surface area (Å²) < 4.78 is 252. The Morgan fingerprint density at radius 3 is 1.39 bits per heavy atom. The molecule has 0 aromatic heterocycles. The maximum absolute atomic E-state index is 9.69. The van der Waals surface area contributed by atoms with E-state index in [-0.39, 0.29) is 0 Å². The SMILES string of the molecule is [2H]c1c([2H])c([2H])c(-c2c([2H])c([2H])c(-c3c4c([2H])c([2H])c([2H])c([2H])c4c(-c4c([2H])c([2H])c(-c5c([2H])c([2H])c([2H])c6c([2H])c([2H])c([2H])c([2H])c56)c([2H])c4[2H])c4c([2H])c([2H])c([2H])c([2H])c34)c3c([2H])ccc([2H])c23)c([2H])c1[2H]. The largest absolute Gasteiger partial charge is 0.0630 e. The lowest BCUT2D eigenvalue weighted by molar-refractivity contribution is 1.63. The second-order valence-corrected chi connectivity index (χ2v) is 9.87. The van der Waals surface area contributed by atoms with Crippen molar-refractivity contribution in [2.75, 3.05) is 0 Å². The Balaban J connectivity index is 1.57. The van der Waals surface area contributed by atoms with Crippen LogP contribution in [0, 0.1) is 0 Å².